The van der Waals surface area contributed by atoms with Crippen molar-refractivity contribution in [1.29, 1.82) is 0 Å². The first-order valence-corrected chi connectivity index (χ1v) is 9.95. The molecular formula is C20H21N3O3S. The van der Waals surface area contributed by atoms with E-state index in [0.29, 0.717) is 23.0 Å². The van der Waals surface area contributed by atoms with Crippen LogP contribution in [-0.4, -0.2) is 29.1 Å². The zero-order valence-electron chi connectivity index (χ0n) is 15.4. The van der Waals surface area contributed by atoms with Crippen LogP contribution in [0.25, 0.3) is 0 Å². The number of carbonyl (C=O) groups is 3. The highest BCUT2D eigenvalue weighted by atomic mass is 32.1. The zero-order valence-corrected chi connectivity index (χ0v) is 16.2. The zero-order chi connectivity index (χ0) is 19.1. The fourth-order valence-corrected chi connectivity index (χ4v) is 4.54. The first-order valence-electron chi connectivity index (χ1n) is 9.14. The van der Waals surface area contributed by atoms with Crippen molar-refractivity contribution in [3.05, 3.63) is 39.9 Å². The molecular weight excluding hydrogens is 362 g/mol. The maximum absolute atomic E-state index is 12.6. The number of ketones is 1. The summed E-state index contributed by atoms with van der Waals surface area (Å²) in [6.45, 7) is 4.39. The number of thiazole rings is 1. The molecule has 1 saturated heterocycles. The van der Waals surface area contributed by atoms with Crippen molar-refractivity contribution in [2.24, 2.45) is 5.92 Å². The van der Waals surface area contributed by atoms with E-state index in [1.165, 1.54) is 16.9 Å². The Labute approximate surface area is 161 Å². The minimum absolute atomic E-state index is 0.0491. The molecule has 1 fully saturated rings. The molecule has 2 aromatic rings. The summed E-state index contributed by atoms with van der Waals surface area (Å²) in [5.74, 6) is -0.581. The lowest BCUT2D eigenvalue weighted by Gasteiger charge is -2.17. The molecule has 0 bridgehead atoms. The van der Waals surface area contributed by atoms with Crippen molar-refractivity contribution in [3.63, 3.8) is 0 Å². The molecule has 2 amide bonds. The molecule has 1 atom stereocenters. The van der Waals surface area contributed by atoms with Gasteiger partial charge in [-0.1, -0.05) is 17.4 Å². The van der Waals surface area contributed by atoms with E-state index in [-0.39, 0.29) is 24.0 Å². The number of carbonyl (C=O) groups excluding carboxylic acids is 3. The van der Waals surface area contributed by atoms with E-state index in [1.54, 1.807) is 4.90 Å². The van der Waals surface area contributed by atoms with Crippen molar-refractivity contribution in [1.82, 2.24) is 4.98 Å². The van der Waals surface area contributed by atoms with Gasteiger partial charge in [-0.3, -0.25) is 14.4 Å². The molecule has 2 aliphatic rings. The lowest BCUT2D eigenvalue weighted by molar-refractivity contribution is -0.122. The molecule has 140 valence electrons. The Hall–Kier alpha value is -2.54. The van der Waals surface area contributed by atoms with Gasteiger partial charge in [-0.05, 0) is 49.9 Å². The second-order valence-electron chi connectivity index (χ2n) is 7.23. The van der Waals surface area contributed by atoms with Gasteiger partial charge in [-0.15, -0.1) is 0 Å². The molecule has 0 spiro atoms. The van der Waals surface area contributed by atoms with Crippen LogP contribution in [0.2, 0.25) is 0 Å². The van der Waals surface area contributed by atoms with Gasteiger partial charge in [0.05, 0.1) is 16.5 Å². The standard InChI is InChI=1S/C20H21N3O3S/c1-11-6-7-14(8-12(11)2)23-10-13(9-17(23)25)19(26)22-20-21-15-4-3-5-16(24)18(15)27-20/h6-8,13H,3-5,9-10H2,1-2H3,(H,21,22,26). The summed E-state index contributed by atoms with van der Waals surface area (Å²) < 4.78 is 0. The van der Waals surface area contributed by atoms with E-state index < -0.39 is 5.92 Å². The highest BCUT2D eigenvalue weighted by Gasteiger charge is 2.36. The van der Waals surface area contributed by atoms with Crippen LogP contribution in [0.3, 0.4) is 0 Å². The number of rotatable bonds is 3. The minimum atomic E-state index is -0.421. The van der Waals surface area contributed by atoms with Gasteiger partial charge in [0.1, 0.15) is 0 Å². The number of fused-ring (bicyclic) bond motifs is 1. The number of anilines is 2. The summed E-state index contributed by atoms with van der Waals surface area (Å²) in [6, 6.07) is 5.89. The van der Waals surface area contributed by atoms with Crippen molar-refractivity contribution in [2.75, 3.05) is 16.8 Å². The fourth-order valence-electron chi connectivity index (χ4n) is 3.56. The Balaban J connectivity index is 1.46. The molecule has 2 heterocycles. The first kappa shape index (κ1) is 17.9. The lowest BCUT2D eigenvalue weighted by Crippen LogP contribution is -2.28. The summed E-state index contributed by atoms with van der Waals surface area (Å²) in [6.07, 6.45) is 2.31. The molecule has 1 aromatic heterocycles. The number of nitrogens with zero attached hydrogens (tertiary/aromatic N) is 2. The minimum Gasteiger partial charge on any atom is -0.312 e. The molecule has 27 heavy (non-hydrogen) atoms. The number of benzene rings is 1. The summed E-state index contributed by atoms with van der Waals surface area (Å²) in [4.78, 5) is 43.7. The van der Waals surface area contributed by atoms with E-state index in [0.717, 1.165) is 29.8 Å². The Morgan fingerprint density at radius 1 is 1.22 bits per heavy atom. The predicted molar refractivity (Wildman–Crippen MR) is 104 cm³/mol. The molecule has 1 aliphatic carbocycles. The maximum Gasteiger partial charge on any atom is 0.231 e. The smallest absolute Gasteiger partial charge is 0.231 e. The van der Waals surface area contributed by atoms with Crippen LogP contribution in [-0.2, 0) is 16.0 Å². The number of hydrogen-bond donors (Lipinski definition) is 1. The number of Topliss-reactive ketones (excluding diaryl/α,β-unsaturated/α-hetero) is 1. The lowest BCUT2D eigenvalue weighted by atomic mass is 10.0. The predicted octanol–water partition coefficient (Wildman–Crippen LogP) is 3.27. The average molecular weight is 383 g/mol. The van der Waals surface area contributed by atoms with Crippen LogP contribution in [0.4, 0.5) is 10.8 Å². The molecule has 1 N–H and O–H groups in total. The average Bonchev–Trinajstić information content (AvgIpc) is 3.21. The van der Waals surface area contributed by atoms with Gasteiger partial charge in [-0.2, -0.15) is 0 Å². The molecule has 4 rings (SSSR count). The quantitative estimate of drug-likeness (QED) is 0.882. The summed E-state index contributed by atoms with van der Waals surface area (Å²) in [5, 5.41) is 3.27. The monoisotopic (exact) mass is 383 g/mol. The van der Waals surface area contributed by atoms with Crippen molar-refractivity contribution >= 4 is 39.8 Å². The van der Waals surface area contributed by atoms with Crippen LogP contribution in [0, 0.1) is 19.8 Å². The van der Waals surface area contributed by atoms with Crippen LogP contribution in [0.1, 0.15) is 45.8 Å². The van der Waals surface area contributed by atoms with E-state index in [9.17, 15) is 14.4 Å². The molecule has 1 unspecified atom stereocenters. The number of hydrogen-bond acceptors (Lipinski definition) is 5. The van der Waals surface area contributed by atoms with Gasteiger partial charge in [0.15, 0.2) is 10.9 Å². The van der Waals surface area contributed by atoms with Gasteiger partial charge in [0, 0.05) is 25.1 Å². The Kier molecular flexibility index (Phi) is 4.55. The summed E-state index contributed by atoms with van der Waals surface area (Å²) in [7, 11) is 0. The summed E-state index contributed by atoms with van der Waals surface area (Å²) in [5.41, 5.74) is 3.90. The number of aryl methyl sites for hydroxylation is 3. The van der Waals surface area contributed by atoms with Crippen LogP contribution in [0.15, 0.2) is 18.2 Å². The maximum atomic E-state index is 12.6. The van der Waals surface area contributed by atoms with Crippen molar-refractivity contribution < 1.29 is 14.4 Å². The van der Waals surface area contributed by atoms with Gasteiger partial charge in [0.2, 0.25) is 11.8 Å². The van der Waals surface area contributed by atoms with E-state index in [4.69, 9.17) is 0 Å². The van der Waals surface area contributed by atoms with Crippen molar-refractivity contribution in [3.8, 4) is 0 Å². The highest BCUT2D eigenvalue weighted by Crippen LogP contribution is 2.31. The number of nitrogens with one attached hydrogen (secondary N) is 1. The van der Waals surface area contributed by atoms with Gasteiger partial charge >= 0.3 is 0 Å². The van der Waals surface area contributed by atoms with Gasteiger partial charge in [-0.25, -0.2) is 4.98 Å². The Morgan fingerprint density at radius 2 is 2.04 bits per heavy atom. The van der Waals surface area contributed by atoms with Crippen LogP contribution < -0.4 is 10.2 Å². The second-order valence-corrected chi connectivity index (χ2v) is 8.23. The largest absolute Gasteiger partial charge is 0.312 e. The van der Waals surface area contributed by atoms with Gasteiger partial charge in [0.25, 0.3) is 0 Å². The van der Waals surface area contributed by atoms with E-state index in [1.807, 2.05) is 32.0 Å². The number of aromatic nitrogens is 1. The third-order valence-corrected chi connectivity index (χ3v) is 6.35. The first-order chi connectivity index (χ1) is 12.9. The summed E-state index contributed by atoms with van der Waals surface area (Å²) >= 11 is 1.24. The Bertz CT molecular complexity index is 950. The third-order valence-electron chi connectivity index (χ3n) is 5.30. The Morgan fingerprint density at radius 3 is 2.78 bits per heavy atom. The SMILES string of the molecule is Cc1ccc(N2CC(C(=O)Nc3nc4c(s3)C(=O)CCC4)CC2=O)cc1C. The van der Waals surface area contributed by atoms with E-state index in [2.05, 4.69) is 10.3 Å². The highest BCUT2D eigenvalue weighted by molar-refractivity contribution is 7.17. The third kappa shape index (κ3) is 3.39. The van der Waals surface area contributed by atoms with Crippen LogP contribution >= 0.6 is 11.3 Å². The molecule has 1 aliphatic heterocycles. The topological polar surface area (TPSA) is 79.4 Å². The van der Waals surface area contributed by atoms with Crippen molar-refractivity contribution in [2.45, 2.75) is 39.5 Å². The van der Waals surface area contributed by atoms with E-state index >= 15 is 0 Å². The second kappa shape index (κ2) is 6.88. The number of amides is 2. The molecule has 1 aromatic carbocycles. The molecule has 6 nitrogen and oxygen atoms in total. The molecule has 0 radical (unpaired) electrons. The van der Waals surface area contributed by atoms with Gasteiger partial charge < -0.3 is 10.2 Å². The molecule has 0 saturated carbocycles. The molecule has 7 heteroatoms. The normalized spacial score (nSPS) is 19.3. The van der Waals surface area contributed by atoms with Crippen LogP contribution in [0.5, 0.6) is 0 Å². The fraction of sp³-hybridized carbons (Fsp3) is 0.400.